The average Bonchev–Trinajstić information content (AvgIpc) is 2.56. The van der Waals surface area contributed by atoms with Gasteiger partial charge in [0.2, 0.25) is 20.9 Å². The molecule has 1 aliphatic heterocycles. The summed E-state index contributed by atoms with van der Waals surface area (Å²) in [6, 6.07) is 1.49. The van der Waals surface area contributed by atoms with Crippen molar-refractivity contribution >= 4 is 43.2 Å². The number of carbonyl (C=O) groups is 1. The summed E-state index contributed by atoms with van der Waals surface area (Å²) in [6.45, 7) is 0.227. The summed E-state index contributed by atoms with van der Waals surface area (Å²) in [6.07, 6.45) is 1.55. The largest absolute Gasteiger partial charge is 0.280 e. The van der Waals surface area contributed by atoms with Gasteiger partial charge in [-0.05, 0) is 6.07 Å². The Morgan fingerprint density at radius 2 is 2.22 bits per heavy atom. The predicted molar refractivity (Wildman–Crippen MR) is 67.1 cm³/mol. The summed E-state index contributed by atoms with van der Waals surface area (Å²) in [5, 5.41) is 0.223. The minimum atomic E-state index is -3.62. The van der Waals surface area contributed by atoms with Crippen LogP contribution in [0.2, 0.25) is 5.15 Å². The maximum absolute atomic E-state index is 11.7. The van der Waals surface area contributed by atoms with Crippen molar-refractivity contribution in [1.82, 2.24) is 9.97 Å². The van der Waals surface area contributed by atoms with Gasteiger partial charge in [-0.1, -0.05) is 11.6 Å². The van der Waals surface area contributed by atoms with E-state index in [-0.39, 0.29) is 41.6 Å². The molecule has 0 radical (unpaired) electrons. The molecular weight excluding hydrogens is 301 g/mol. The number of rotatable bonds is 3. The van der Waals surface area contributed by atoms with E-state index in [1.807, 2.05) is 0 Å². The van der Waals surface area contributed by atoms with Crippen molar-refractivity contribution < 1.29 is 13.2 Å². The van der Waals surface area contributed by atoms with Gasteiger partial charge in [-0.3, -0.25) is 9.69 Å². The second-order valence-electron chi connectivity index (χ2n) is 3.96. The Labute approximate surface area is 113 Å². The lowest BCUT2D eigenvalue weighted by Gasteiger charge is -2.13. The smallest absolute Gasteiger partial charge is 0.233 e. The summed E-state index contributed by atoms with van der Waals surface area (Å²) >= 11 is 5.71. The quantitative estimate of drug-likeness (QED) is 0.616. The maximum atomic E-state index is 11.7. The molecule has 0 aromatic carbocycles. The highest BCUT2D eigenvalue weighted by atomic mass is 35.7. The number of anilines is 1. The molecule has 1 saturated heterocycles. The zero-order valence-electron chi connectivity index (χ0n) is 9.08. The molecule has 1 aromatic heterocycles. The fourth-order valence-corrected chi connectivity index (χ4v) is 3.28. The van der Waals surface area contributed by atoms with Crippen LogP contribution in [0.25, 0.3) is 0 Å². The molecule has 2 heterocycles. The normalized spacial score (nSPS) is 20.4. The number of hydrogen-bond acceptors (Lipinski definition) is 5. The molecule has 1 fully saturated rings. The summed E-state index contributed by atoms with van der Waals surface area (Å²) < 4.78 is 21.9. The molecule has 98 valence electrons. The van der Waals surface area contributed by atoms with Crippen LogP contribution in [0.4, 0.5) is 5.95 Å². The van der Waals surface area contributed by atoms with Gasteiger partial charge in [0.1, 0.15) is 5.15 Å². The fraction of sp³-hybridized carbons (Fsp3) is 0.444. The first kappa shape index (κ1) is 13.5. The van der Waals surface area contributed by atoms with Gasteiger partial charge in [-0.2, -0.15) is 0 Å². The van der Waals surface area contributed by atoms with E-state index in [4.69, 9.17) is 22.3 Å². The van der Waals surface area contributed by atoms with Gasteiger partial charge in [0.15, 0.2) is 0 Å². The molecule has 1 aromatic rings. The molecule has 0 saturated carbocycles. The van der Waals surface area contributed by atoms with Gasteiger partial charge in [0.05, 0.1) is 5.75 Å². The van der Waals surface area contributed by atoms with Crippen molar-refractivity contribution in [3.8, 4) is 0 Å². The van der Waals surface area contributed by atoms with Gasteiger partial charge in [0.25, 0.3) is 0 Å². The molecule has 18 heavy (non-hydrogen) atoms. The van der Waals surface area contributed by atoms with E-state index in [1.54, 1.807) is 0 Å². The Morgan fingerprint density at radius 1 is 1.50 bits per heavy atom. The average molecular weight is 310 g/mol. The van der Waals surface area contributed by atoms with Crippen molar-refractivity contribution in [3.63, 3.8) is 0 Å². The van der Waals surface area contributed by atoms with Crippen LogP contribution in [0.5, 0.6) is 0 Å². The molecule has 1 amide bonds. The lowest BCUT2D eigenvalue weighted by atomic mass is 10.1. The first-order chi connectivity index (χ1) is 8.35. The van der Waals surface area contributed by atoms with Crippen LogP contribution < -0.4 is 4.90 Å². The highest BCUT2D eigenvalue weighted by molar-refractivity contribution is 8.13. The van der Waals surface area contributed by atoms with Crippen molar-refractivity contribution in [3.05, 3.63) is 17.4 Å². The topological polar surface area (TPSA) is 80.2 Å². The fourth-order valence-electron chi connectivity index (χ4n) is 1.83. The molecule has 1 aliphatic rings. The van der Waals surface area contributed by atoms with E-state index in [9.17, 15) is 13.2 Å². The molecule has 2 rings (SSSR count). The second kappa shape index (κ2) is 4.99. The van der Waals surface area contributed by atoms with Crippen LogP contribution in [0.3, 0.4) is 0 Å². The van der Waals surface area contributed by atoms with Crippen molar-refractivity contribution in [2.45, 2.75) is 6.42 Å². The highest BCUT2D eigenvalue weighted by Crippen LogP contribution is 2.24. The maximum Gasteiger partial charge on any atom is 0.233 e. The molecule has 0 aliphatic carbocycles. The van der Waals surface area contributed by atoms with E-state index in [2.05, 4.69) is 9.97 Å². The third-order valence-electron chi connectivity index (χ3n) is 2.49. The number of carbonyl (C=O) groups excluding carboxylic acids is 1. The summed E-state index contributed by atoms with van der Waals surface area (Å²) in [7, 11) is 1.55. The number of halogens is 2. The Hall–Kier alpha value is -0.920. The molecule has 0 N–H and O–H groups in total. The SMILES string of the molecule is O=C1CC(CS(=O)(=O)Cl)CN1c1nccc(Cl)n1. The first-order valence-electron chi connectivity index (χ1n) is 5.06. The van der Waals surface area contributed by atoms with Crippen molar-refractivity contribution in [2.24, 2.45) is 5.92 Å². The predicted octanol–water partition coefficient (Wildman–Crippen LogP) is 1.05. The first-order valence-corrected chi connectivity index (χ1v) is 7.92. The highest BCUT2D eigenvalue weighted by Gasteiger charge is 2.34. The molecule has 0 spiro atoms. The van der Waals surface area contributed by atoms with Crippen LogP contribution in [-0.4, -0.2) is 36.6 Å². The molecule has 0 bridgehead atoms. The Balaban J connectivity index is 2.15. The molecule has 1 unspecified atom stereocenters. The molecule has 1 atom stereocenters. The minimum absolute atomic E-state index is 0.113. The number of hydrogen-bond donors (Lipinski definition) is 0. The van der Waals surface area contributed by atoms with Crippen LogP contribution in [0, 0.1) is 5.92 Å². The van der Waals surface area contributed by atoms with E-state index in [0.29, 0.717) is 0 Å². The van der Waals surface area contributed by atoms with E-state index in [1.165, 1.54) is 17.2 Å². The van der Waals surface area contributed by atoms with Crippen LogP contribution in [0.15, 0.2) is 12.3 Å². The van der Waals surface area contributed by atoms with E-state index in [0.717, 1.165) is 0 Å². The lowest BCUT2D eigenvalue weighted by Crippen LogP contribution is -2.27. The molecule has 9 heteroatoms. The lowest BCUT2D eigenvalue weighted by molar-refractivity contribution is -0.117. The monoisotopic (exact) mass is 309 g/mol. The van der Waals surface area contributed by atoms with Gasteiger partial charge in [-0.15, -0.1) is 0 Å². The molecular formula is C9H9Cl2N3O3S. The Kier molecular flexibility index (Phi) is 3.74. The zero-order valence-corrected chi connectivity index (χ0v) is 11.4. The van der Waals surface area contributed by atoms with Crippen molar-refractivity contribution in [1.29, 1.82) is 0 Å². The van der Waals surface area contributed by atoms with Crippen LogP contribution in [0.1, 0.15) is 6.42 Å². The van der Waals surface area contributed by atoms with Gasteiger partial charge in [0, 0.05) is 35.8 Å². The van der Waals surface area contributed by atoms with Crippen LogP contribution >= 0.6 is 22.3 Å². The minimum Gasteiger partial charge on any atom is -0.280 e. The van der Waals surface area contributed by atoms with Gasteiger partial charge in [-0.25, -0.2) is 18.4 Å². The zero-order chi connectivity index (χ0) is 13.3. The Bertz CT molecular complexity index is 578. The summed E-state index contributed by atoms with van der Waals surface area (Å²) in [5.74, 6) is -0.635. The third kappa shape index (κ3) is 3.30. The number of aromatic nitrogens is 2. The van der Waals surface area contributed by atoms with Gasteiger partial charge >= 0.3 is 0 Å². The van der Waals surface area contributed by atoms with Gasteiger partial charge < -0.3 is 0 Å². The van der Waals surface area contributed by atoms with Crippen LogP contribution in [-0.2, 0) is 13.8 Å². The third-order valence-corrected chi connectivity index (χ3v) is 3.95. The van der Waals surface area contributed by atoms with E-state index >= 15 is 0 Å². The Morgan fingerprint density at radius 3 is 2.83 bits per heavy atom. The summed E-state index contributed by atoms with van der Waals surface area (Å²) in [4.78, 5) is 20.9. The second-order valence-corrected chi connectivity index (χ2v) is 7.17. The van der Waals surface area contributed by atoms with Crippen molar-refractivity contribution in [2.75, 3.05) is 17.2 Å². The number of amides is 1. The standard InChI is InChI=1S/C9H9Cl2N3O3S/c10-7-1-2-12-9(13-7)14-4-6(3-8(14)15)5-18(11,16)17/h1-2,6H,3-5H2. The van der Waals surface area contributed by atoms with E-state index < -0.39 is 9.05 Å². The summed E-state index contributed by atoms with van der Waals surface area (Å²) in [5.41, 5.74) is 0. The molecule has 6 nitrogen and oxygen atoms in total. The number of nitrogens with zero attached hydrogens (tertiary/aromatic N) is 3.